The number of hydrogen-bond donors (Lipinski definition) is 3. The summed E-state index contributed by atoms with van der Waals surface area (Å²) in [6.07, 6.45) is 1.16. The van der Waals surface area contributed by atoms with Gasteiger partial charge >= 0.3 is 5.97 Å². The van der Waals surface area contributed by atoms with Gasteiger partial charge in [0.15, 0.2) is 0 Å². The molecule has 3 atom stereocenters. The van der Waals surface area contributed by atoms with Crippen LogP contribution in [0.1, 0.15) is 20.3 Å². The van der Waals surface area contributed by atoms with Crippen molar-refractivity contribution in [3.63, 3.8) is 0 Å². The highest BCUT2D eigenvalue weighted by molar-refractivity contribution is 5.73. The van der Waals surface area contributed by atoms with Gasteiger partial charge in [-0.2, -0.15) is 0 Å². The van der Waals surface area contributed by atoms with E-state index in [4.69, 9.17) is 15.6 Å². The second-order valence-electron chi connectivity index (χ2n) is 4.69. The van der Waals surface area contributed by atoms with Gasteiger partial charge in [0, 0.05) is 25.1 Å². The van der Waals surface area contributed by atoms with Gasteiger partial charge < -0.3 is 20.9 Å². The molecule has 15 heavy (non-hydrogen) atoms. The average Bonchev–Trinajstić information content (AvgIpc) is 2.15. The molecule has 5 heteroatoms. The van der Waals surface area contributed by atoms with Crippen molar-refractivity contribution < 1.29 is 14.6 Å². The summed E-state index contributed by atoms with van der Waals surface area (Å²) in [6, 6.07) is -0.546. The van der Waals surface area contributed by atoms with Crippen LogP contribution < -0.4 is 11.1 Å². The normalized spacial score (nSPS) is 30.7. The van der Waals surface area contributed by atoms with Gasteiger partial charge in [-0.25, -0.2) is 0 Å². The summed E-state index contributed by atoms with van der Waals surface area (Å²) >= 11 is 0. The summed E-state index contributed by atoms with van der Waals surface area (Å²) in [7, 11) is 1.70. The van der Waals surface area contributed by atoms with Crippen LogP contribution in [0.5, 0.6) is 0 Å². The minimum Gasteiger partial charge on any atom is -0.480 e. The zero-order chi connectivity index (χ0) is 11.6. The summed E-state index contributed by atoms with van der Waals surface area (Å²) in [6.45, 7) is 4.52. The van der Waals surface area contributed by atoms with Gasteiger partial charge in [0.2, 0.25) is 0 Å². The third-order valence-corrected chi connectivity index (χ3v) is 3.36. The molecule has 4 N–H and O–H groups in total. The van der Waals surface area contributed by atoms with Crippen LogP contribution >= 0.6 is 0 Å². The van der Waals surface area contributed by atoms with Crippen LogP contribution in [-0.4, -0.2) is 42.9 Å². The second-order valence-corrected chi connectivity index (χ2v) is 4.69. The lowest BCUT2D eigenvalue weighted by Crippen LogP contribution is -2.62. The predicted molar refractivity (Wildman–Crippen MR) is 56.6 cm³/mol. The molecule has 1 saturated carbocycles. The monoisotopic (exact) mass is 216 g/mol. The largest absolute Gasteiger partial charge is 0.480 e. The van der Waals surface area contributed by atoms with Crippen molar-refractivity contribution in [2.75, 3.05) is 13.7 Å². The Kier molecular flexibility index (Phi) is 3.70. The van der Waals surface area contributed by atoms with Gasteiger partial charge in [0.25, 0.3) is 0 Å². The van der Waals surface area contributed by atoms with Crippen LogP contribution in [0.25, 0.3) is 0 Å². The van der Waals surface area contributed by atoms with Crippen molar-refractivity contribution in [3.05, 3.63) is 0 Å². The first-order valence-corrected chi connectivity index (χ1v) is 5.14. The van der Waals surface area contributed by atoms with E-state index in [0.717, 1.165) is 6.42 Å². The van der Waals surface area contributed by atoms with Crippen molar-refractivity contribution in [2.45, 2.75) is 38.5 Å². The van der Waals surface area contributed by atoms with E-state index in [-0.39, 0.29) is 17.6 Å². The van der Waals surface area contributed by atoms with Crippen LogP contribution in [0.2, 0.25) is 0 Å². The van der Waals surface area contributed by atoms with Crippen LogP contribution in [0.4, 0.5) is 0 Å². The van der Waals surface area contributed by atoms with E-state index in [1.165, 1.54) is 0 Å². The Bertz CT molecular complexity index is 243. The van der Waals surface area contributed by atoms with Crippen LogP contribution in [-0.2, 0) is 9.53 Å². The summed E-state index contributed by atoms with van der Waals surface area (Å²) in [5.74, 6) is -0.970. The molecule has 0 radical (unpaired) electrons. The third kappa shape index (κ3) is 2.48. The Labute approximate surface area is 90.0 Å². The van der Waals surface area contributed by atoms with Crippen molar-refractivity contribution >= 4 is 5.97 Å². The molecule has 0 amide bonds. The molecule has 88 valence electrons. The number of carboxylic acids is 1. The fraction of sp³-hybridized carbons (Fsp3) is 0.900. The number of carboxylic acid groups (broad SMARTS) is 1. The van der Waals surface area contributed by atoms with E-state index < -0.39 is 12.0 Å². The molecule has 1 fully saturated rings. The van der Waals surface area contributed by atoms with Gasteiger partial charge in [-0.15, -0.1) is 0 Å². The lowest BCUT2D eigenvalue weighted by molar-refractivity contribution is -0.138. The number of rotatable bonds is 5. The zero-order valence-electron chi connectivity index (χ0n) is 9.49. The Morgan fingerprint density at radius 1 is 1.73 bits per heavy atom. The van der Waals surface area contributed by atoms with Gasteiger partial charge in [0.1, 0.15) is 6.04 Å². The first-order chi connectivity index (χ1) is 6.89. The predicted octanol–water partition coefficient (Wildman–Crippen LogP) is -0.199. The number of carbonyl (C=O) groups is 1. The van der Waals surface area contributed by atoms with Crippen molar-refractivity contribution in [3.8, 4) is 0 Å². The Hall–Kier alpha value is -0.650. The van der Waals surface area contributed by atoms with Gasteiger partial charge in [0.05, 0.1) is 6.10 Å². The molecule has 3 unspecified atom stereocenters. The number of nitrogens with one attached hydrogen (secondary N) is 1. The SMILES string of the molecule is COC1CC(NCC(N)C(=O)O)C1(C)C. The van der Waals surface area contributed by atoms with Crippen molar-refractivity contribution in [1.82, 2.24) is 5.32 Å². The Morgan fingerprint density at radius 3 is 2.73 bits per heavy atom. The minimum atomic E-state index is -0.970. The minimum absolute atomic E-state index is 0.0486. The van der Waals surface area contributed by atoms with Crippen molar-refractivity contribution in [2.24, 2.45) is 11.1 Å². The summed E-state index contributed by atoms with van der Waals surface area (Å²) in [4.78, 5) is 10.5. The molecule has 1 rings (SSSR count). The van der Waals surface area contributed by atoms with Gasteiger partial charge in [-0.3, -0.25) is 4.79 Å². The number of hydrogen-bond acceptors (Lipinski definition) is 4. The van der Waals surface area contributed by atoms with E-state index in [0.29, 0.717) is 6.54 Å². The quantitative estimate of drug-likeness (QED) is 0.592. The van der Waals surface area contributed by atoms with Gasteiger partial charge in [-0.1, -0.05) is 13.8 Å². The maximum Gasteiger partial charge on any atom is 0.321 e. The second kappa shape index (κ2) is 4.47. The van der Waals surface area contributed by atoms with E-state index in [2.05, 4.69) is 19.2 Å². The molecule has 1 aliphatic rings. The molecule has 0 aromatic heterocycles. The van der Waals surface area contributed by atoms with E-state index >= 15 is 0 Å². The summed E-state index contributed by atoms with van der Waals surface area (Å²) < 4.78 is 5.30. The molecule has 0 aliphatic heterocycles. The molecular weight excluding hydrogens is 196 g/mol. The molecule has 0 bridgehead atoms. The molecule has 0 heterocycles. The summed E-state index contributed by atoms with van der Waals surface area (Å²) in [5.41, 5.74) is 5.45. The molecule has 5 nitrogen and oxygen atoms in total. The first-order valence-electron chi connectivity index (χ1n) is 5.14. The van der Waals surface area contributed by atoms with Crippen molar-refractivity contribution in [1.29, 1.82) is 0 Å². The van der Waals surface area contributed by atoms with E-state index in [9.17, 15) is 4.79 Å². The number of methoxy groups -OCH3 is 1. The van der Waals surface area contributed by atoms with E-state index in [1.807, 2.05) is 0 Å². The smallest absolute Gasteiger partial charge is 0.321 e. The number of aliphatic carboxylic acids is 1. The Morgan fingerprint density at radius 2 is 2.33 bits per heavy atom. The topological polar surface area (TPSA) is 84.6 Å². The molecular formula is C10H20N2O3. The molecule has 0 aromatic carbocycles. The molecule has 0 aromatic rings. The molecule has 0 spiro atoms. The zero-order valence-corrected chi connectivity index (χ0v) is 9.49. The van der Waals surface area contributed by atoms with Crippen LogP contribution in [0.15, 0.2) is 0 Å². The highest BCUT2D eigenvalue weighted by atomic mass is 16.5. The molecule has 1 aliphatic carbocycles. The highest BCUT2D eigenvalue weighted by Crippen LogP contribution is 2.42. The standard InChI is InChI=1S/C10H20N2O3/c1-10(2)7(4-8(10)15-3)12-5-6(11)9(13)14/h6-8,12H,4-5,11H2,1-3H3,(H,13,14). The fourth-order valence-electron chi connectivity index (χ4n) is 1.99. The maximum absolute atomic E-state index is 10.5. The lowest BCUT2D eigenvalue weighted by atomic mass is 9.64. The third-order valence-electron chi connectivity index (χ3n) is 3.36. The lowest BCUT2D eigenvalue weighted by Gasteiger charge is -2.51. The first kappa shape index (κ1) is 12.4. The van der Waals surface area contributed by atoms with Crippen LogP contribution in [0, 0.1) is 5.41 Å². The van der Waals surface area contributed by atoms with Crippen LogP contribution in [0.3, 0.4) is 0 Å². The fourth-order valence-corrected chi connectivity index (χ4v) is 1.99. The average molecular weight is 216 g/mol. The van der Waals surface area contributed by atoms with E-state index in [1.54, 1.807) is 7.11 Å². The highest BCUT2D eigenvalue weighted by Gasteiger charge is 2.48. The molecule has 0 saturated heterocycles. The van der Waals surface area contributed by atoms with Gasteiger partial charge in [-0.05, 0) is 6.42 Å². The number of ether oxygens (including phenoxy) is 1. The maximum atomic E-state index is 10.5. The Balaban J connectivity index is 2.34. The summed E-state index contributed by atoms with van der Waals surface area (Å²) in [5, 5.41) is 11.8. The number of nitrogens with two attached hydrogens (primary N) is 1.